The van der Waals surface area contributed by atoms with Crippen molar-refractivity contribution in [3.8, 4) is 16.9 Å². The molecule has 23 heavy (non-hydrogen) atoms. The summed E-state index contributed by atoms with van der Waals surface area (Å²) < 4.78 is 15.2. The van der Waals surface area contributed by atoms with Crippen molar-refractivity contribution in [3.05, 3.63) is 59.4 Å². The number of fused-ring (bicyclic) bond motifs is 3. The molecule has 114 valence electrons. The molecule has 0 spiro atoms. The first-order valence-electron chi connectivity index (χ1n) is 7.16. The summed E-state index contributed by atoms with van der Waals surface area (Å²) in [6.07, 6.45) is 1.67. The number of benzene rings is 2. The Kier molecular flexibility index (Phi) is 3.25. The van der Waals surface area contributed by atoms with E-state index in [1.807, 2.05) is 35.7 Å². The molecule has 2 aromatic heterocycles. The molecule has 0 fully saturated rings. The highest BCUT2D eigenvalue weighted by molar-refractivity contribution is 7.17. The van der Waals surface area contributed by atoms with Crippen molar-refractivity contribution in [2.45, 2.75) is 6.54 Å². The van der Waals surface area contributed by atoms with Crippen LogP contribution in [0.2, 0.25) is 0 Å². The molecule has 0 aliphatic rings. The van der Waals surface area contributed by atoms with Gasteiger partial charge in [-0.3, -0.25) is 4.98 Å². The lowest BCUT2D eigenvalue weighted by Crippen LogP contribution is -1.95. The van der Waals surface area contributed by atoms with Crippen molar-refractivity contribution in [3.63, 3.8) is 0 Å². The molecule has 0 amide bonds. The number of pyridine rings is 1. The van der Waals surface area contributed by atoms with Gasteiger partial charge in [-0.15, -0.1) is 11.3 Å². The number of halogens is 1. The molecule has 0 bridgehead atoms. The number of aromatic hydroxyl groups is 1. The van der Waals surface area contributed by atoms with Crippen LogP contribution in [0, 0.1) is 5.82 Å². The lowest BCUT2D eigenvalue weighted by molar-refractivity contribution is 0.472. The lowest BCUT2D eigenvalue weighted by Gasteiger charge is -2.11. The fraction of sp³-hybridized carbons (Fsp3) is 0.0556. The van der Waals surface area contributed by atoms with E-state index in [1.165, 1.54) is 0 Å². The molecular formula is C18H13FN2OS. The van der Waals surface area contributed by atoms with Gasteiger partial charge in [-0.25, -0.2) is 4.39 Å². The molecule has 4 aromatic rings. The number of phenols is 1. The maximum atomic E-state index is 14.3. The van der Waals surface area contributed by atoms with Crippen LogP contribution in [0.4, 0.5) is 4.39 Å². The van der Waals surface area contributed by atoms with Gasteiger partial charge < -0.3 is 10.8 Å². The van der Waals surface area contributed by atoms with Crippen LogP contribution in [0.1, 0.15) is 5.56 Å². The highest BCUT2D eigenvalue weighted by Crippen LogP contribution is 2.41. The first-order chi connectivity index (χ1) is 11.2. The van der Waals surface area contributed by atoms with Gasteiger partial charge in [-0.1, -0.05) is 24.3 Å². The largest absolute Gasteiger partial charge is 0.507 e. The third kappa shape index (κ3) is 2.17. The Balaban J connectivity index is 2.13. The van der Waals surface area contributed by atoms with Crippen LogP contribution in [0.5, 0.6) is 5.75 Å². The molecule has 0 unspecified atom stereocenters. The fourth-order valence-electron chi connectivity index (χ4n) is 2.87. The zero-order chi connectivity index (χ0) is 16.0. The van der Waals surface area contributed by atoms with Crippen molar-refractivity contribution in [1.82, 2.24) is 4.98 Å². The lowest BCUT2D eigenvalue weighted by atomic mass is 9.96. The van der Waals surface area contributed by atoms with E-state index in [1.54, 1.807) is 17.5 Å². The average Bonchev–Trinajstić information content (AvgIpc) is 3.04. The number of hydrogen-bond donors (Lipinski definition) is 2. The third-order valence-electron chi connectivity index (χ3n) is 3.99. The Morgan fingerprint density at radius 1 is 1.17 bits per heavy atom. The first kappa shape index (κ1) is 14.1. The van der Waals surface area contributed by atoms with Gasteiger partial charge in [0.15, 0.2) is 5.82 Å². The molecule has 0 saturated heterocycles. The van der Waals surface area contributed by atoms with Crippen molar-refractivity contribution >= 4 is 32.3 Å². The smallest absolute Gasteiger partial charge is 0.153 e. The Morgan fingerprint density at radius 3 is 2.70 bits per heavy atom. The molecule has 0 atom stereocenters. The summed E-state index contributed by atoms with van der Waals surface area (Å²) in [5.74, 6) is -0.607. The highest BCUT2D eigenvalue weighted by Gasteiger charge is 2.17. The van der Waals surface area contributed by atoms with E-state index in [0.29, 0.717) is 17.5 Å². The third-order valence-corrected chi connectivity index (χ3v) is 4.84. The quantitative estimate of drug-likeness (QED) is 0.574. The van der Waals surface area contributed by atoms with Crippen LogP contribution in [0.3, 0.4) is 0 Å². The molecule has 4 rings (SSSR count). The Morgan fingerprint density at radius 2 is 1.96 bits per heavy atom. The van der Waals surface area contributed by atoms with Gasteiger partial charge in [0.2, 0.25) is 0 Å². The number of nitrogens with zero attached hydrogens (tertiary/aromatic N) is 1. The Hall–Kier alpha value is -2.50. The summed E-state index contributed by atoms with van der Waals surface area (Å²) in [5, 5.41) is 13.9. The predicted octanol–water partition coefficient (Wildman–Crippen LogP) is 4.42. The predicted molar refractivity (Wildman–Crippen MR) is 92.1 cm³/mol. The summed E-state index contributed by atoms with van der Waals surface area (Å²) in [7, 11) is 0. The molecule has 3 nitrogen and oxygen atoms in total. The maximum absolute atomic E-state index is 14.3. The fourth-order valence-corrected chi connectivity index (χ4v) is 3.63. The van der Waals surface area contributed by atoms with Gasteiger partial charge in [0.1, 0.15) is 11.3 Å². The van der Waals surface area contributed by atoms with Gasteiger partial charge >= 0.3 is 0 Å². The summed E-state index contributed by atoms with van der Waals surface area (Å²) in [5.41, 5.74) is 8.31. The molecular weight excluding hydrogens is 311 g/mol. The molecule has 0 aliphatic heterocycles. The second-order valence-electron chi connectivity index (χ2n) is 5.33. The standard InChI is InChI=1S/C18H13FN2OS/c19-13-7-14(22)16(11-3-1-10(8-20)2-4-11)17-12-5-6-23-15(12)9-21-18(13)17/h1-7,9,22H,8,20H2. The van der Waals surface area contributed by atoms with Crippen molar-refractivity contribution in [2.24, 2.45) is 5.73 Å². The number of aromatic nitrogens is 1. The number of thiophene rings is 1. The van der Waals surface area contributed by atoms with Gasteiger partial charge in [0.25, 0.3) is 0 Å². The molecule has 5 heteroatoms. The second kappa shape index (κ2) is 5.30. The highest BCUT2D eigenvalue weighted by atomic mass is 32.1. The molecule has 3 N–H and O–H groups in total. The topological polar surface area (TPSA) is 59.1 Å². The van der Waals surface area contributed by atoms with Gasteiger partial charge in [-0.2, -0.15) is 0 Å². The van der Waals surface area contributed by atoms with Gasteiger partial charge in [0, 0.05) is 35.1 Å². The van der Waals surface area contributed by atoms with E-state index < -0.39 is 5.82 Å². The summed E-state index contributed by atoms with van der Waals surface area (Å²) in [4.78, 5) is 4.25. The van der Waals surface area contributed by atoms with Crippen molar-refractivity contribution in [1.29, 1.82) is 0 Å². The number of nitrogens with two attached hydrogens (primary N) is 1. The second-order valence-corrected chi connectivity index (χ2v) is 6.28. The number of hydrogen-bond acceptors (Lipinski definition) is 4. The number of phenolic OH excluding ortho intramolecular Hbond substituents is 1. The maximum Gasteiger partial charge on any atom is 0.153 e. The minimum absolute atomic E-state index is 0.0870. The summed E-state index contributed by atoms with van der Waals surface area (Å²) in [6, 6.07) is 10.6. The zero-order valence-corrected chi connectivity index (χ0v) is 12.9. The number of rotatable bonds is 2. The Labute approximate surface area is 135 Å². The van der Waals surface area contributed by atoms with E-state index >= 15 is 0 Å². The van der Waals surface area contributed by atoms with Crippen LogP contribution in [0.25, 0.3) is 32.1 Å². The van der Waals surface area contributed by atoms with Gasteiger partial charge in [-0.05, 0) is 22.6 Å². The monoisotopic (exact) mass is 324 g/mol. The molecule has 0 radical (unpaired) electrons. The first-order valence-corrected chi connectivity index (χ1v) is 8.04. The molecule has 2 aromatic carbocycles. The average molecular weight is 324 g/mol. The van der Waals surface area contributed by atoms with E-state index in [-0.39, 0.29) is 11.3 Å². The van der Waals surface area contributed by atoms with E-state index in [0.717, 1.165) is 27.3 Å². The summed E-state index contributed by atoms with van der Waals surface area (Å²) >= 11 is 1.54. The van der Waals surface area contributed by atoms with Crippen LogP contribution < -0.4 is 5.73 Å². The van der Waals surface area contributed by atoms with Crippen LogP contribution in [-0.2, 0) is 6.54 Å². The van der Waals surface area contributed by atoms with E-state index in [4.69, 9.17) is 5.73 Å². The minimum atomic E-state index is -0.520. The van der Waals surface area contributed by atoms with E-state index in [2.05, 4.69) is 4.98 Å². The molecule has 2 heterocycles. The SMILES string of the molecule is NCc1ccc(-c2c(O)cc(F)c3ncc4sccc4c23)cc1. The summed E-state index contributed by atoms with van der Waals surface area (Å²) in [6.45, 7) is 0.451. The van der Waals surface area contributed by atoms with Crippen molar-refractivity contribution in [2.75, 3.05) is 0 Å². The molecule has 0 aliphatic carbocycles. The molecule has 0 saturated carbocycles. The van der Waals surface area contributed by atoms with Gasteiger partial charge in [0.05, 0.1) is 4.70 Å². The van der Waals surface area contributed by atoms with Crippen LogP contribution >= 0.6 is 11.3 Å². The van der Waals surface area contributed by atoms with Crippen LogP contribution in [-0.4, -0.2) is 10.1 Å². The Bertz CT molecular complexity index is 1020. The van der Waals surface area contributed by atoms with Crippen molar-refractivity contribution < 1.29 is 9.50 Å². The minimum Gasteiger partial charge on any atom is -0.507 e. The van der Waals surface area contributed by atoms with E-state index in [9.17, 15) is 9.50 Å². The zero-order valence-electron chi connectivity index (χ0n) is 12.1. The van der Waals surface area contributed by atoms with Crippen LogP contribution in [0.15, 0.2) is 48.0 Å². The normalized spacial score (nSPS) is 11.4.